The van der Waals surface area contributed by atoms with Gasteiger partial charge in [0.25, 0.3) is 5.88 Å². The molecule has 19 heavy (non-hydrogen) atoms. The zero-order valence-corrected chi connectivity index (χ0v) is 10.7. The van der Waals surface area contributed by atoms with E-state index in [0.29, 0.717) is 24.2 Å². The zero-order valence-electron chi connectivity index (χ0n) is 10.7. The van der Waals surface area contributed by atoms with Crippen molar-refractivity contribution in [3.05, 3.63) is 31.1 Å². The summed E-state index contributed by atoms with van der Waals surface area (Å²) in [5.74, 6) is 1.85. The van der Waals surface area contributed by atoms with Crippen LogP contribution in [0.4, 0.5) is 0 Å². The Kier molecular flexibility index (Phi) is 3.69. The Hall–Kier alpha value is -1.95. The number of nitrogens with zero attached hydrogens (tertiary/aromatic N) is 4. The summed E-state index contributed by atoms with van der Waals surface area (Å²) in [5.41, 5.74) is 0. The predicted molar refractivity (Wildman–Crippen MR) is 70.2 cm³/mol. The molecule has 3 heterocycles. The summed E-state index contributed by atoms with van der Waals surface area (Å²) in [5, 5.41) is 3.35. The van der Waals surface area contributed by atoms with Crippen molar-refractivity contribution in [2.24, 2.45) is 5.92 Å². The third-order valence-electron chi connectivity index (χ3n) is 3.31. The number of hydrogen-bond donors (Lipinski definition) is 1. The fraction of sp³-hybridized carbons (Fsp3) is 0.462. The molecular weight excluding hydrogens is 242 g/mol. The fourth-order valence-corrected chi connectivity index (χ4v) is 2.23. The van der Waals surface area contributed by atoms with Gasteiger partial charge in [-0.3, -0.25) is 4.57 Å². The molecule has 6 nitrogen and oxygen atoms in total. The van der Waals surface area contributed by atoms with E-state index >= 15 is 0 Å². The Balaban J connectivity index is 1.70. The predicted octanol–water partition coefficient (Wildman–Crippen LogP) is 1.04. The van der Waals surface area contributed by atoms with Gasteiger partial charge in [-0.25, -0.2) is 15.0 Å². The molecular formula is C13H17N5O. The average Bonchev–Trinajstić information content (AvgIpc) is 3.01. The first-order valence-electron chi connectivity index (χ1n) is 6.56. The maximum absolute atomic E-state index is 5.85. The Labute approximate surface area is 111 Å². The zero-order chi connectivity index (χ0) is 12.9. The van der Waals surface area contributed by atoms with Crippen LogP contribution in [0.1, 0.15) is 12.8 Å². The molecule has 1 aliphatic rings. The summed E-state index contributed by atoms with van der Waals surface area (Å²) in [6, 6.07) is 0. The van der Waals surface area contributed by atoms with Crippen LogP contribution in [0.2, 0.25) is 0 Å². The van der Waals surface area contributed by atoms with Gasteiger partial charge in [0.05, 0.1) is 6.61 Å². The molecule has 0 saturated carbocycles. The molecule has 2 aromatic rings. The quantitative estimate of drug-likeness (QED) is 0.888. The van der Waals surface area contributed by atoms with Gasteiger partial charge in [-0.1, -0.05) is 0 Å². The van der Waals surface area contributed by atoms with Crippen molar-refractivity contribution in [3.8, 4) is 11.7 Å². The van der Waals surface area contributed by atoms with Crippen LogP contribution in [0, 0.1) is 5.92 Å². The van der Waals surface area contributed by atoms with Gasteiger partial charge in [-0.2, -0.15) is 0 Å². The normalized spacial score (nSPS) is 16.4. The van der Waals surface area contributed by atoms with Crippen LogP contribution in [-0.2, 0) is 0 Å². The van der Waals surface area contributed by atoms with E-state index in [0.717, 1.165) is 25.9 Å². The van der Waals surface area contributed by atoms with Crippen molar-refractivity contribution >= 4 is 0 Å². The standard InChI is InChI=1S/C13H17N5O/c1-3-14-4-2-11(1)9-19-13-12(16-5-6-17-13)18-8-7-15-10-18/h5-8,10-11,14H,1-4,9H2. The molecule has 6 heteroatoms. The Morgan fingerprint density at radius 2 is 2.05 bits per heavy atom. The van der Waals surface area contributed by atoms with Gasteiger partial charge in [0.2, 0.25) is 5.82 Å². The van der Waals surface area contributed by atoms with Crippen LogP contribution in [0.5, 0.6) is 5.88 Å². The SMILES string of the molecule is c1cn(-c2nccnc2OCC2CCNCC2)cn1. The van der Waals surface area contributed by atoms with Crippen molar-refractivity contribution in [1.82, 2.24) is 24.8 Å². The van der Waals surface area contributed by atoms with Crippen LogP contribution < -0.4 is 10.1 Å². The van der Waals surface area contributed by atoms with E-state index in [4.69, 9.17) is 4.74 Å². The van der Waals surface area contributed by atoms with E-state index in [-0.39, 0.29) is 0 Å². The minimum absolute atomic E-state index is 0.569. The van der Waals surface area contributed by atoms with Crippen molar-refractivity contribution < 1.29 is 4.74 Å². The average molecular weight is 259 g/mol. The second-order valence-corrected chi connectivity index (χ2v) is 4.66. The van der Waals surface area contributed by atoms with Crippen LogP contribution >= 0.6 is 0 Å². The maximum Gasteiger partial charge on any atom is 0.258 e. The van der Waals surface area contributed by atoms with E-state index in [1.54, 1.807) is 24.9 Å². The number of rotatable bonds is 4. The highest BCUT2D eigenvalue weighted by Gasteiger charge is 2.15. The summed E-state index contributed by atoms with van der Waals surface area (Å²) < 4.78 is 7.66. The number of aromatic nitrogens is 4. The highest BCUT2D eigenvalue weighted by atomic mass is 16.5. The van der Waals surface area contributed by atoms with Gasteiger partial charge in [0.1, 0.15) is 6.33 Å². The molecule has 0 bridgehead atoms. The topological polar surface area (TPSA) is 64.9 Å². The monoisotopic (exact) mass is 259 g/mol. The molecule has 0 radical (unpaired) electrons. The largest absolute Gasteiger partial charge is 0.475 e. The Morgan fingerprint density at radius 1 is 1.21 bits per heavy atom. The van der Waals surface area contributed by atoms with E-state index in [2.05, 4.69) is 20.3 Å². The molecule has 0 aliphatic carbocycles. The lowest BCUT2D eigenvalue weighted by atomic mass is 9.99. The summed E-state index contributed by atoms with van der Waals surface area (Å²) in [6.45, 7) is 2.84. The van der Waals surface area contributed by atoms with Crippen LogP contribution in [0.3, 0.4) is 0 Å². The molecule has 1 saturated heterocycles. The molecule has 100 valence electrons. The van der Waals surface area contributed by atoms with E-state index < -0.39 is 0 Å². The van der Waals surface area contributed by atoms with Crippen LogP contribution in [0.25, 0.3) is 5.82 Å². The van der Waals surface area contributed by atoms with Gasteiger partial charge < -0.3 is 10.1 Å². The first-order chi connectivity index (χ1) is 9.43. The van der Waals surface area contributed by atoms with Gasteiger partial charge in [0, 0.05) is 24.8 Å². The number of ether oxygens (including phenoxy) is 1. The van der Waals surface area contributed by atoms with Crippen molar-refractivity contribution in [1.29, 1.82) is 0 Å². The van der Waals surface area contributed by atoms with Crippen LogP contribution in [0.15, 0.2) is 31.1 Å². The molecule has 1 aliphatic heterocycles. The molecule has 2 aromatic heterocycles. The molecule has 1 fully saturated rings. The molecule has 0 aromatic carbocycles. The van der Waals surface area contributed by atoms with Gasteiger partial charge in [0.15, 0.2) is 0 Å². The molecule has 0 unspecified atom stereocenters. The summed E-state index contributed by atoms with van der Waals surface area (Å²) in [4.78, 5) is 12.6. The second kappa shape index (κ2) is 5.79. The van der Waals surface area contributed by atoms with E-state index in [1.807, 2.05) is 10.8 Å². The van der Waals surface area contributed by atoms with Crippen LogP contribution in [-0.4, -0.2) is 39.2 Å². The Morgan fingerprint density at radius 3 is 2.84 bits per heavy atom. The maximum atomic E-state index is 5.85. The van der Waals surface area contributed by atoms with Gasteiger partial charge >= 0.3 is 0 Å². The molecule has 3 rings (SSSR count). The van der Waals surface area contributed by atoms with Gasteiger partial charge in [-0.05, 0) is 31.8 Å². The second-order valence-electron chi connectivity index (χ2n) is 4.66. The van der Waals surface area contributed by atoms with Crippen molar-refractivity contribution in [2.45, 2.75) is 12.8 Å². The Bertz CT molecular complexity index is 508. The van der Waals surface area contributed by atoms with E-state index in [9.17, 15) is 0 Å². The molecule has 0 spiro atoms. The third kappa shape index (κ3) is 2.90. The molecule has 0 atom stereocenters. The van der Waals surface area contributed by atoms with E-state index in [1.165, 1.54) is 0 Å². The minimum atomic E-state index is 0.569. The first-order valence-corrected chi connectivity index (χ1v) is 6.56. The molecule has 1 N–H and O–H groups in total. The number of imidazole rings is 1. The molecule has 0 amide bonds. The summed E-state index contributed by atoms with van der Waals surface area (Å²) in [6.07, 6.45) is 10.9. The lowest BCUT2D eigenvalue weighted by Gasteiger charge is -2.22. The number of nitrogens with one attached hydrogen (secondary N) is 1. The highest BCUT2D eigenvalue weighted by Crippen LogP contribution is 2.19. The highest BCUT2D eigenvalue weighted by molar-refractivity contribution is 5.33. The number of hydrogen-bond acceptors (Lipinski definition) is 5. The summed E-state index contributed by atoms with van der Waals surface area (Å²) in [7, 11) is 0. The van der Waals surface area contributed by atoms with Crippen molar-refractivity contribution in [2.75, 3.05) is 19.7 Å². The fourth-order valence-electron chi connectivity index (χ4n) is 2.23. The number of piperidine rings is 1. The summed E-state index contributed by atoms with van der Waals surface area (Å²) >= 11 is 0. The van der Waals surface area contributed by atoms with Gasteiger partial charge in [-0.15, -0.1) is 0 Å². The third-order valence-corrected chi connectivity index (χ3v) is 3.31. The lowest BCUT2D eigenvalue weighted by molar-refractivity contribution is 0.208. The minimum Gasteiger partial charge on any atom is -0.475 e. The first kappa shape index (κ1) is 12.1. The smallest absolute Gasteiger partial charge is 0.258 e. The lowest BCUT2D eigenvalue weighted by Crippen LogP contribution is -2.30. The van der Waals surface area contributed by atoms with Crippen molar-refractivity contribution in [3.63, 3.8) is 0 Å².